The zero-order valence-corrected chi connectivity index (χ0v) is 16.5. The summed E-state index contributed by atoms with van der Waals surface area (Å²) in [6.07, 6.45) is 0. The molecular weight excluding hydrogens is 386 g/mol. The summed E-state index contributed by atoms with van der Waals surface area (Å²) in [4.78, 5) is 4.73. The summed E-state index contributed by atoms with van der Waals surface area (Å²) in [7, 11) is 0. The van der Waals surface area contributed by atoms with Gasteiger partial charge in [-0.1, -0.05) is 30.3 Å². The average molecular weight is 405 g/mol. The maximum Gasteiger partial charge on any atom is 0.127 e. The number of nitrogens with zero attached hydrogens (tertiary/aromatic N) is 2. The quantitative estimate of drug-likeness (QED) is 0.320. The van der Waals surface area contributed by atoms with Crippen molar-refractivity contribution in [3.8, 4) is 40.1 Å². The van der Waals surface area contributed by atoms with Crippen LogP contribution in [0.4, 0.5) is 5.69 Å². The predicted octanol–water partition coefficient (Wildman–Crippen LogP) is 4.95. The van der Waals surface area contributed by atoms with Crippen LogP contribution < -0.4 is 16.2 Å². The molecule has 150 valence electrons. The molecule has 0 atom stereocenters. The van der Waals surface area contributed by atoms with Gasteiger partial charge < -0.3 is 16.2 Å². The van der Waals surface area contributed by atoms with E-state index in [1.54, 1.807) is 24.3 Å². The van der Waals surface area contributed by atoms with Gasteiger partial charge in [-0.05, 0) is 54.6 Å². The molecule has 1 heterocycles. The Bertz CT molecular complexity index is 1290. The van der Waals surface area contributed by atoms with Crippen LogP contribution in [0.2, 0.25) is 0 Å². The van der Waals surface area contributed by atoms with Crippen molar-refractivity contribution in [1.82, 2.24) is 4.98 Å². The predicted molar refractivity (Wildman–Crippen MR) is 122 cm³/mol. The molecule has 6 heteroatoms. The molecular formula is C25H19N5O. The molecule has 1 aromatic heterocycles. The number of nitrogen functional groups attached to an aromatic ring is 2. The summed E-state index contributed by atoms with van der Waals surface area (Å²) in [6, 6.07) is 27.8. The number of nitrogens with two attached hydrogens (primary N) is 2. The van der Waals surface area contributed by atoms with Crippen molar-refractivity contribution in [3.05, 3.63) is 96.1 Å². The number of hydrogen-bond donors (Lipinski definition) is 3. The number of pyridine rings is 1. The number of aromatic nitrogens is 1. The lowest BCUT2D eigenvalue weighted by Crippen LogP contribution is -2.16. The Balaban J connectivity index is 1.76. The van der Waals surface area contributed by atoms with Crippen molar-refractivity contribution in [2.24, 2.45) is 5.73 Å². The second-order valence-electron chi connectivity index (χ2n) is 6.87. The van der Waals surface area contributed by atoms with E-state index >= 15 is 0 Å². The van der Waals surface area contributed by atoms with Gasteiger partial charge in [0.1, 0.15) is 17.3 Å². The van der Waals surface area contributed by atoms with Crippen molar-refractivity contribution in [2.75, 3.05) is 5.73 Å². The molecule has 0 aliphatic heterocycles. The molecule has 4 aromatic rings. The van der Waals surface area contributed by atoms with Crippen LogP contribution in [0.15, 0.2) is 84.9 Å². The fourth-order valence-electron chi connectivity index (χ4n) is 3.26. The van der Waals surface area contributed by atoms with Crippen LogP contribution in [0.3, 0.4) is 0 Å². The van der Waals surface area contributed by atoms with E-state index in [0.29, 0.717) is 34.0 Å². The summed E-state index contributed by atoms with van der Waals surface area (Å²) in [5, 5.41) is 17.2. The Morgan fingerprint density at radius 2 is 1.58 bits per heavy atom. The van der Waals surface area contributed by atoms with E-state index in [9.17, 15) is 5.26 Å². The summed E-state index contributed by atoms with van der Waals surface area (Å²) < 4.78 is 5.85. The molecule has 6 nitrogen and oxygen atoms in total. The maximum absolute atomic E-state index is 9.19. The number of benzene rings is 3. The van der Waals surface area contributed by atoms with Crippen LogP contribution in [0.25, 0.3) is 22.5 Å². The Morgan fingerprint density at radius 1 is 0.871 bits per heavy atom. The number of amidine groups is 1. The van der Waals surface area contributed by atoms with Crippen LogP contribution in [0, 0.1) is 16.7 Å². The molecule has 0 fully saturated rings. The van der Waals surface area contributed by atoms with Gasteiger partial charge in [0.05, 0.1) is 28.6 Å². The Morgan fingerprint density at radius 3 is 2.26 bits per heavy atom. The topological polar surface area (TPSA) is 122 Å². The molecule has 0 aliphatic rings. The molecule has 0 radical (unpaired) electrons. The van der Waals surface area contributed by atoms with Gasteiger partial charge in [-0.3, -0.25) is 5.41 Å². The molecule has 0 spiro atoms. The molecule has 0 amide bonds. The van der Waals surface area contributed by atoms with E-state index < -0.39 is 0 Å². The highest BCUT2D eigenvalue weighted by atomic mass is 16.5. The SMILES string of the molecule is N#Cc1cccc(-c2cc(N)c(C(=N)N)c(-c3ccc(Oc4ccccc4)cc3)n2)c1. The lowest BCUT2D eigenvalue weighted by molar-refractivity contribution is 0.483. The number of nitriles is 1. The second kappa shape index (κ2) is 8.39. The van der Waals surface area contributed by atoms with Crippen LogP contribution in [-0.4, -0.2) is 10.8 Å². The molecule has 3 aromatic carbocycles. The molecule has 0 saturated carbocycles. The third kappa shape index (κ3) is 4.21. The van der Waals surface area contributed by atoms with E-state index in [4.69, 9.17) is 26.6 Å². The van der Waals surface area contributed by atoms with Crippen LogP contribution in [-0.2, 0) is 0 Å². The minimum atomic E-state index is -0.165. The van der Waals surface area contributed by atoms with E-state index in [-0.39, 0.29) is 5.84 Å². The van der Waals surface area contributed by atoms with Gasteiger partial charge in [0, 0.05) is 16.8 Å². The number of rotatable bonds is 5. The zero-order chi connectivity index (χ0) is 21.8. The molecule has 0 unspecified atom stereocenters. The van der Waals surface area contributed by atoms with Crippen LogP contribution >= 0.6 is 0 Å². The largest absolute Gasteiger partial charge is 0.457 e. The van der Waals surface area contributed by atoms with Crippen molar-refractivity contribution in [1.29, 1.82) is 10.7 Å². The van der Waals surface area contributed by atoms with Gasteiger partial charge in [-0.2, -0.15) is 5.26 Å². The highest BCUT2D eigenvalue weighted by molar-refractivity contribution is 6.05. The molecule has 0 saturated heterocycles. The van der Waals surface area contributed by atoms with Gasteiger partial charge in [0.2, 0.25) is 0 Å². The third-order valence-corrected chi connectivity index (χ3v) is 4.71. The molecule has 31 heavy (non-hydrogen) atoms. The van der Waals surface area contributed by atoms with Gasteiger partial charge >= 0.3 is 0 Å². The van der Waals surface area contributed by atoms with Crippen molar-refractivity contribution >= 4 is 11.5 Å². The van der Waals surface area contributed by atoms with E-state index in [1.165, 1.54) is 0 Å². The first kappa shape index (κ1) is 19.7. The van der Waals surface area contributed by atoms with Gasteiger partial charge in [0.25, 0.3) is 0 Å². The molecule has 0 aliphatic carbocycles. The lowest BCUT2D eigenvalue weighted by atomic mass is 10.00. The normalized spacial score (nSPS) is 10.3. The number of para-hydroxylation sites is 1. The molecule has 5 N–H and O–H groups in total. The number of nitrogens with one attached hydrogen (secondary N) is 1. The van der Waals surface area contributed by atoms with Gasteiger partial charge in [-0.25, -0.2) is 4.98 Å². The Kier molecular flexibility index (Phi) is 5.33. The maximum atomic E-state index is 9.19. The third-order valence-electron chi connectivity index (χ3n) is 4.71. The first-order chi connectivity index (χ1) is 15.0. The zero-order valence-electron chi connectivity index (χ0n) is 16.5. The molecule has 0 bridgehead atoms. The van der Waals surface area contributed by atoms with E-state index in [2.05, 4.69) is 6.07 Å². The summed E-state index contributed by atoms with van der Waals surface area (Å²) in [6.45, 7) is 0. The van der Waals surface area contributed by atoms with Crippen LogP contribution in [0.5, 0.6) is 11.5 Å². The number of anilines is 1. The van der Waals surface area contributed by atoms with Gasteiger partial charge in [-0.15, -0.1) is 0 Å². The van der Waals surface area contributed by atoms with Crippen molar-refractivity contribution in [2.45, 2.75) is 0 Å². The first-order valence-electron chi connectivity index (χ1n) is 9.54. The van der Waals surface area contributed by atoms with Crippen LogP contribution in [0.1, 0.15) is 11.1 Å². The lowest BCUT2D eigenvalue weighted by Gasteiger charge is -2.14. The van der Waals surface area contributed by atoms with Gasteiger partial charge in [0.15, 0.2) is 0 Å². The highest BCUT2D eigenvalue weighted by Gasteiger charge is 2.16. The number of hydrogen-bond acceptors (Lipinski definition) is 5. The average Bonchev–Trinajstić information content (AvgIpc) is 2.79. The Labute approximate surface area is 179 Å². The second-order valence-corrected chi connectivity index (χ2v) is 6.87. The van der Waals surface area contributed by atoms with E-state index in [0.717, 1.165) is 16.9 Å². The monoisotopic (exact) mass is 405 g/mol. The smallest absolute Gasteiger partial charge is 0.127 e. The fourth-order valence-corrected chi connectivity index (χ4v) is 3.26. The number of ether oxygens (including phenoxy) is 1. The summed E-state index contributed by atoms with van der Waals surface area (Å²) in [5.41, 5.74) is 15.9. The first-order valence-corrected chi connectivity index (χ1v) is 9.54. The Hall–Kier alpha value is -4.63. The standard InChI is InChI=1S/C25H19N5O/c26-15-16-5-4-6-18(13-16)22-14-21(27)23(25(28)29)24(30-22)17-9-11-20(12-10-17)31-19-7-2-1-3-8-19/h1-14H,(H2,27,30)(H3,28,29). The van der Waals surface area contributed by atoms with E-state index in [1.807, 2.05) is 60.7 Å². The minimum Gasteiger partial charge on any atom is -0.457 e. The minimum absolute atomic E-state index is 0.165. The van der Waals surface area contributed by atoms with Crippen molar-refractivity contribution < 1.29 is 4.74 Å². The molecule has 4 rings (SSSR count). The highest BCUT2D eigenvalue weighted by Crippen LogP contribution is 2.32. The summed E-state index contributed by atoms with van der Waals surface area (Å²) >= 11 is 0. The summed E-state index contributed by atoms with van der Waals surface area (Å²) in [5.74, 6) is 1.24. The fraction of sp³-hybridized carbons (Fsp3) is 0. The van der Waals surface area contributed by atoms with Crippen molar-refractivity contribution in [3.63, 3.8) is 0 Å².